The average molecular weight is 154 g/mol. The van der Waals surface area contributed by atoms with E-state index in [9.17, 15) is 0 Å². The highest BCUT2D eigenvalue weighted by atomic mass is 16.5. The first kappa shape index (κ1) is 12.7. The van der Waals surface area contributed by atoms with E-state index in [1.54, 1.807) is 12.2 Å². The van der Waals surface area contributed by atoms with Crippen LogP contribution >= 0.6 is 0 Å². The summed E-state index contributed by atoms with van der Waals surface area (Å²) in [5, 5.41) is 0. The predicted octanol–water partition coefficient (Wildman–Crippen LogP) is 3.31. The lowest BCUT2D eigenvalue weighted by Crippen LogP contribution is -1.85. The summed E-state index contributed by atoms with van der Waals surface area (Å²) in [4.78, 5) is 0. The fourth-order valence-electron chi connectivity index (χ4n) is 0.404. The molecule has 0 amide bonds. The molecule has 64 valence electrons. The number of hydrogen-bond acceptors (Lipinski definition) is 1. The lowest BCUT2D eigenvalue weighted by Gasteiger charge is -1.99. The summed E-state index contributed by atoms with van der Waals surface area (Å²) in [5.74, 6) is 0.866. The first-order valence-electron chi connectivity index (χ1n) is 3.84. The van der Waals surface area contributed by atoms with E-state index in [-0.39, 0.29) is 0 Å². The van der Waals surface area contributed by atoms with Gasteiger partial charge in [-0.2, -0.15) is 0 Å². The Morgan fingerprint density at radius 1 is 1.36 bits per heavy atom. The monoisotopic (exact) mass is 154 g/mol. The summed E-state index contributed by atoms with van der Waals surface area (Å²) in [6.45, 7) is 13.5. The molecule has 11 heavy (non-hydrogen) atoms. The SMILES string of the molecule is C=C/C=C(\C)OCC=C.CC. The quantitative estimate of drug-likeness (QED) is 0.343. The van der Waals surface area contributed by atoms with Crippen molar-refractivity contribution in [3.8, 4) is 0 Å². The molecular formula is C10H18O. The Kier molecular flexibility index (Phi) is 13.6. The average Bonchev–Trinajstić information content (AvgIpc) is 2.05. The van der Waals surface area contributed by atoms with Crippen molar-refractivity contribution in [1.29, 1.82) is 0 Å². The molecule has 0 N–H and O–H groups in total. The van der Waals surface area contributed by atoms with Crippen LogP contribution < -0.4 is 0 Å². The molecule has 0 aromatic carbocycles. The Bertz CT molecular complexity index is 123. The van der Waals surface area contributed by atoms with Gasteiger partial charge in [-0.05, 0) is 13.0 Å². The molecule has 0 aliphatic heterocycles. The van der Waals surface area contributed by atoms with Gasteiger partial charge >= 0.3 is 0 Å². The van der Waals surface area contributed by atoms with E-state index in [2.05, 4.69) is 13.2 Å². The third-order valence-corrected chi connectivity index (χ3v) is 0.781. The van der Waals surface area contributed by atoms with Crippen LogP contribution in [0.15, 0.2) is 37.1 Å². The standard InChI is InChI=1S/C8H12O.C2H6/c1-4-6-8(3)9-7-5-2;1-2/h4-6H,1-2,7H2,3H3;1-2H3/b8-6+;. The van der Waals surface area contributed by atoms with Crippen molar-refractivity contribution >= 4 is 0 Å². The molecule has 0 aromatic rings. The third-order valence-electron chi connectivity index (χ3n) is 0.781. The largest absolute Gasteiger partial charge is 0.494 e. The molecule has 1 heteroatoms. The fourth-order valence-corrected chi connectivity index (χ4v) is 0.404. The van der Waals surface area contributed by atoms with E-state index in [1.165, 1.54) is 0 Å². The maximum absolute atomic E-state index is 5.10. The molecule has 0 aliphatic rings. The molecule has 0 saturated heterocycles. The Balaban J connectivity index is 0. The van der Waals surface area contributed by atoms with E-state index in [0.717, 1.165) is 5.76 Å². The molecule has 0 rings (SSSR count). The molecule has 0 spiro atoms. The van der Waals surface area contributed by atoms with Crippen LogP contribution in [0.5, 0.6) is 0 Å². The van der Waals surface area contributed by atoms with Crippen molar-refractivity contribution in [2.24, 2.45) is 0 Å². The third kappa shape index (κ3) is 12.3. The van der Waals surface area contributed by atoms with Crippen molar-refractivity contribution < 1.29 is 4.74 Å². The van der Waals surface area contributed by atoms with Crippen molar-refractivity contribution in [2.45, 2.75) is 20.8 Å². The molecule has 0 atom stereocenters. The van der Waals surface area contributed by atoms with Crippen LogP contribution in [0.4, 0.5) is 0 Å². The van der Waals surface area contributed by atoms with Gasteiger partial charge in [0, 0.05) is 0 Å². The van der Waals surface area contributed by atoms with Gasteiger partial charge in [-0.15, -0.1) is 0 Å². The summed E-state index contributed by atoms with van der Waals surface area (Å²) in [7, 11) is 0. The van der Waals surface area contributed by atoms with Gasteiger partial charge < -0.3 is 4.74 Å². The first-order valence-corrected chi connectivity index (χ1v) is 3.84. The summed E-state index contributed by atoms with van der Waals surface area (Å²) in [5.41, 5.74) is 0. The molecule has 0 saturated carbocycles. The fraction of sp³-hybridized carbons (Fsp3) is 0.400. The first-order chi connectivity index (χ1) is 5.31. The zero-order valence-electron chi connectivity index (χ0n) is 7.76. The van der Waals surface area contributed by atoms with Gasteiger partial charge in [0.2, 0.25) is 0 Å². The van der Waals surface area contributed by atoms with Crippen LogP contribution in [0.3, 0.4) is 0 Å². The summed E-state index contributed by atoms with van der Waals surface area (Å²) in [6.07, 6.45) is 5.21. The molecule has 0 aliphatic carbocycles. The van der Waals surface area contributed by atoms with Crippen LogP contribution in [-0.4, -0.2) is 6.61 Å². The van der Waals surface area contributed by atoms with Crippen LogP contribution in [0.25, 0.3) is 0 Å². The smallest absolute Gasteiger partial charge is 0.106 e. The van der Waals surface area contributed by atoms with Gasteiger partial charge in [0.1, 0.15) is 6.61 Å². The number of hydrogen-bond donors (Lipinski definition) is 0. The Morgan fingerprint density at radius 2 is 1.91 bits per heavy atom. The highest BCUT2D eigenvalue weighted by molar-refractivity contribution is 5.01. The Hall–Kier alpha value is -0.980. The minimum Gasteiger partial charge on any atom is -0.494 e. The van der Waals surface area contributed by atoms with E-state index in [1.807, 2.05) is 26.8 Å². The number of allylic oxidation sites excluding steroid dienone is 3. The lowest BCUT2D eigenvalue weighted by molar-refractivity contribution is 0.250. The van der Waals surface area contributed by atoms with Gasteiger partial charge in [-0.1, -0.05) is 39.2 Å². The Morgan fingerprint density at radius 3 is 2.27 bits per heavy atom. The van der Waals surface area contributed by atoms with Gasteiger partial charge in [0.25, 0.3) is 0 Å². The second-order valence-corrected chi connectivity index (χ2v) is 1.61. The zero-order valence-corrected chi connectivity index (χ0v) is 7.76. The normalized spacial score (nSPS) is 9.18. The molecule has 0 bridgehead atoms. The van der Waals surface area contributed by atoms with Crippen LogP contribution in [-0.2, 0) is 4.74 Å². The maximum Gasteiger partial charge on any atom is 0.106 e. The molecule has 0 aromatic heterocycles. The second kappa shape index (κ2) is 11.8. The molecule has 1 nitrogen and oxygen atoms in total. The highest BCUT2D eigenvalue weighted by Crippen LogP contribution is 1.93. The summed E-state index contributed by atoms with van der Waals surface area (Å²) in [6, 6.07) is 0. The van der Waals surface area contributed by atoms with Gasteiger partial charge in [0.15, 0.2) is 0 Å². The van der Waals surface area contributed by atoms with E-state index < -0.39 is 0 Å². The number of rotatable bonds is 4. The van der Waals surface area contributed by atoms with Crippen molar-refractivity contribution in [1.82, 2.24) is 0 Å². The van der Waals surface area contributed by atoms with E-state index >= 15 is 0 Å². The zero-order chi connectivity index (χ0) is 9.11. The molecule has 0 unspecified atom stereocenters. The van der Waals surface area contributed by atoms with Crippen LogP contribution in [0.2, 0.25) is 0 Å². The van der Waals surface area contributed by atoms with Gasteiger partial charge in [-0.25, -0.2) is 0 Å². The maximum atomic E-state index is 5.10. The van der Waals surface area contributed by atoms with E-state index in [0.29, 0.717) is 6.61 Å². The molecule has 0 radical (unpaired) electrons. The van der Waals surface area contributed by atoms with Crippen molar-refractivity contribution in [3.63, 3.8) is 0 Å². The second-order valence-electron chi connectivity index (χ2n) is 1.61. The van der Waals surface area contributed by atoms with E-state index in [4.69, 9.17) is 4.74 Å². The topological polar surface area (TPSA) is 9.23 Å². The minimum absolute atomic E-state index is 0.566. The van der Waals surface area contributed by atoms with Crippen LogP contribution in [0, 0.1) is 0 Å². The summed E-state index contributed by atoms with van der Waals surface area (Å²) >= 11 is 0. The molecular weight excluding hydrogens is 136 g/mol. The predicted molar refractivity (Wildman–Crippen MR) is 51.5 cm³/mol. The van der Waals surface area contributed by atoms with Crippen molar-refractivity contribution in [2.75, 3.05) is 6.61 Å². The Labute approximate surface area is 70.1 Å². The number of ether oxygens (including phenoxy) is 1. The lowest BCUT2D eigenvalue weighted by atomic mass is 10.5. The van der Waals surface area contributed by atoms with Gasteiger partial charge in [0.05, 0.1) is 5.76 Å². The molecule has 0 fully saturated rings. The van der Waals surface area contributed by atoms with Gasteiger partial charge in [-0.3, -0.25) is 0 Å². The summed E-state index contributed by atoms with van der Waals surface area (Å²) < 4.78 is 5.10. The highest BCUT2D eigenvalue weighted by Gasteiger charge is 1.80. The van der Waals surface area contributed by atoms with Crippen LogP contribution in [0.1, 0.15) is 20.8 Å². The minimum atomic E-state index is 0.566. The van der Waals surface area contributed by atoms with Crippen molar-refractivity contribution in [3.05, 3.63) is 37.1 Å². The molecule has 0 heterocycles.